The number of ether oxygens (including phenoxy) is 1. The van der Waals surface area contributed by atoms with Crippen molar-refractivity contribution in [3.05, 3.63) is 59.7 Å². The minimum Gasteiger partial charge on any atom is -0.449 e. The van der Waals surface area contributed by atoms with Gasteiger partial charge in [0.25, 0.3) is 0 Å². The van der Waals surface area contributed by atoms with E-state index in [2.05, 4.69) is 41.7 Å². The molecule has 0 saturated heterocycles. The lowest BCUT2D eigenvalue weighted by Gasteiger charge is -2.14. The van der Waals surface area contributed by atoms with Crippen LogP contribution in [0.25, 0.3) is 11.1 Å². The van der Waals surface area contributed by atoms with E-state index in [1.54, 1.807) is 0 Å². The summed E-state index contributed by atoms with van der Waals surface area (Å²) in [5.74, 6) is 0.117. The quantitative estimate of drug-likeness (QED) is 0.526. The molecule has 0 unspecified atom stereocenters. The predicted molar refractivity (Wildman–Crippen MR) is 114 cm³/mol. The minimum atomic E-state index is -0.315. The van der Waals surface area contributed by atoms with Crippen molar-refractivity contribution >= 4 is 6.09 Å². The molecule has 3 rings (SSSR count). The third-order valence-corrected chi connectivity index (χ3v) is 5.49. The molecule has 3 N–H and O–H groups in total. The summed E-state index contributed by atoms with van der Waals surface area (Å²) in [6.45, 7) is 1.85. The highest BCUT2D eigenvalue weighted by Gasteiger charge is 2.28. The number of fused-ring (bicyclic) bond motifs is 3. The van der Waals surface area contributed by atoms with Crippen LogP contribution >= 0.6 is 0 Å². The number of amides is 1. The molecular weight excluding hydrogens is 348 g/mol. The van der Waals surface area contributed by atoms with Gasteiger partial charge >= 0.3 is 6.09 Å². The number of nitrogens with one attached hydrogen (secondary N) is 1. The number of unbranched alkanes of at least 4 members (excludes halogenated alkanes) is 6. The zero-order valence-corrected chi connectivity index (χ0v) is 16.7. The van der Waals surface area contributed by atoms with Crippen molar-refractivity contribution in [2.24, 2.45) is 5.73 Å². The van der Waals surface area contributed by atoms with Gasteiger partial charge in [-0.25, -0.2) is 4.79 Å². The topological polar surface area (TPSA) is 64.3 Å². The summed E-state index contributed by atoms with van der Waals surface area (Å²) in [4.78, 5) is 12.1. The van der Waals surface area contributed by atoms with Crippen molar-refractivity contribution in [1.29, 1.82) is 0 Å². The Morgan fingerprint density at radius 2 is 1.36 bits per heavy atom. The molecule has 0 aromatic heterocycles. The van der Waals surface area contributed by atoms with Crippen LogP contribution in [0.1, 0.15) is 62.0 Å². The molecule has 0 heterocycles. The normalized spacial score (nSPS) is 12.5. The minimum absolute atomic E-state index is 0.117. The third-order valence-electron chi connectivity index (χ3n) is 5.49. The Hall–Kier alpha value is -2.33. The fourth-order valence-corrected chi connectivity index (χ4v) is 3.99. The third kappa shape index (κ3) is 5.35. The Balaban J connectivity index is 1.37. The van der Waals surface area contributed by atoms with E-state index in [1.807, 2.05) is 12.1 Å². The Bertz CT molecular complexity index is 714. The molecule has 28 heavy (non-hydrogen) atoms. The van der Waals surface area contributed by atoms with Gasteiger partial charge in [0, 0.05) is 12.5 Å². The van der Waals surface area contributed by atoms with Crippen LogP contribution in [0.15, 0.2) is 48.5 Å². The van der Waals surface area contributed by atoms with E-state index < -0.39 is 0 Å². The number of nitrogens with two attached hydrogens (primary N) is 1. The van der Waals surface area contributed by atoms with Crippen LogP contribution in [0.3, 0.4) is 0 Å². The standard InChI is InChI=1S/C24H32N2O2/c25-16-10-4-2-1-3-5-11-17-26-24(27)28-18-23-21-14-8-6-12-19(21)20-13-7-9-15-22(20)23/h6-9,12-15,23H,1-5,10-11,16-18,25H2,(H,26,27). The maximum Gasteiger partial charge on any atom is 0.407 e. The Morgan fingerprint density at radius 1 is 0.821 bits per heavy atom. The number of carbonyl (C=O) groups is 1. The number of rotatable bonds is 11. The average Bonchev–Trinajstić information content (AvgIpc) is 3.05. The first-order valence-electron chi connectivity index (χ1n) is 10.6. The molecule has 2 aromatic carbocycles. The largest absolute Gasteiger partial charge is 0.449 e. The van der Waals surface area contributed by atoms with Crippen LogP contribution in [-0.4, -0.2) is 25.8 Å². The van der Waals surface area contributed by atoms with Crippen molar-refractivity contribution in [2.75, 3.05) is 19.7 Å². The summed E-state index contributed by atoms with van der Waals surface area (Å²) >= 11 is 0. The Labute approximate surface area is 168 Å². The van der Waals surface area contributed by atoms with Crippen LogP contribution < -0.4 is 11.1 Å². The smallest absolute Gasteiger partial charge is 0.407 e. The zero-order valence-electron chi connectivity index (χ0n) is 16.7. The van der Waals surface area contributed by atoms with E-state index in [0.29, 0.717) is 13.2 Å². The second-order valence-corrected chi connectivity index (χ2v) is 7.52. The Kier molecular flexibility index (Phi) is 7.92. The van der Waals surface area contributed by atoms with Crippen LogP contribution in [0, 0.1) is 0 Å². The molecule has 4 nitrogen and oxygen atoms in total. The molecule has 1 aliphatic rings. The van der Waals surface area contributed by atoms with Gasteiger partial charge in [-0.15, -0.1) is 0 Å². The first-order valence-corrected chi connectivity index (χ1v) is 10.6. The SMILES string of the molecule is NCCCCCCCCCNC(=O)OCC1c2ccccc2-c2ccccc21. The van der Waals surface area contributed by atoms with Crippen molar-refractivity contribution in [3.63, 3.8) is 0 Å². The van der Waals surface area contributed by atoms with Crippen molar-refractivity contribution in [1.82, 2.24) is 5.32 Å². The zero-order chi connectivity index (χ0) is 19.6. The summed E-state index contributed by atoms with van der Waals surface area (Å²) in [6, 6.07) is 16.8. The van der Waals surface area contributed by atoms with Crippen molar-refractivity contribution in [3.8, 4) is 11.1 Å². The summed E-state index contributed by atoms with van der Waals surface area (Å²) < 4.78 is 5.55. The predicted octanol–water partition coefficient (Wildman–Crippen LogP) is 5.21. The highest BCUT2D eigenvalue weighted by atomic mass is 16.5. The van der Waals surface area contributed by atoms with E-state index in [1.165, 1.54) is 47.9 Å². The highest BCUT2D eigenvalue weighted by molar-refractivity contribution is 5.79. The van der Waals surface area contributed by atoms with Crippen LogP contribution in [0.2, 0.25) is 0 Å². The van der Waals surface area contributed by atoms with Gasteiger partial charge in [-0.05, 0) is 41.6 Å². The van der Waals surface area contributed by atoms with Crippen LogP contribution in [0.5, 0.6) is 0 Å². The monoisotopic (exact) mass is 380 g/mol. The molecule has 0 saturated carbocycles. The number of carbonyl (C=O) groups excluding carboxylic acids is 1. The number of hydrogen-bond acceptors (Lipinski definition) is 3. The van der Waals surface area contributed by atoms with E-state index in [-0.39, 0.29) is 12.0 Å². The van der Waals surface area contributed by atoms with Gasteiger partial charge in [0.1, 0.15) is 6.61 Å². The lowest BCUT2D eigenvalue weighted by Crippen LogP contribution is -2.27. The highest BCUT2D eigenvalue weighted by Crippen LogP contribution is 2.44. The van der Waals surface area contributed by atoms with E-state index in [4.69, 9.17) is 10.5 Å². The molecule has 150 valence electrons. The molecule has 0 bridgehead atoms. The maximum atomic E-state index is 12.1. The van der Waals surface area contributed by atoms with Gasteiger partial charge in [0.05, 0.1) is 0 Å². The first-order chi connectivity index (χ1) is 13.8. The number of hydrogen-bond donors (Lipinski definition) is 2. The molecule has 0 atom stereocenters. The van der Waals surface area contributed by atoms with Crippen molar-refractivity contribution < 1.29 is 9.53 Å². The average molecular weight is 381 g/mol. The molecule has 4 heteroatoms. The Morgan fingerprint density at radius 3 is 1.96 bits per heavy atom. The van der Waals surface area contributed by atoms with Crippen LogP contribution in [0.4, 0.5) is 4.79 Å². The van der Waals surface area contributed by atoms with Crippen molar-refractivity contribution in [2.45, 2.75) is 50.9 Å². The fraction of sp³-hybridized carbons (Fsp3) is 0.458. The first kappa shape index (κ1) is 20.4. The molecule has 2 aromatic rings. The number of benzene rings is 2. The summed E-state index contributed by atoms with van der Waals surface area (Å²) in [5, 5.41) is 2.89. The maximum absolute atomic E-state index is 12.1. The van der Waals surface area contributed by atoms with Gasteiger partial charge < -0.3 is 15.8 Å². The second-order valence-electron chi connectivity index (χ2n) is 7.52. The van der Waals surface area contributed by atoms with E-state index >= 15 is 0 Å². The van der Waals surface area contributed by atoms with Gasteiger partial charge in [0.15, 0.2) is 0 Å². The van der Waals surface area contributed by atoms with Gasteiger partial charge in [-0.1, -0.05) is 80.6 Å². The lowest BCUT2D eigenvalue weighted by atomic mass is 9.98. The molecule has 1 amide bonds. The van der Waals surface area contributed by atoms with E-state index in [0.717, 1.165) is 25.8 Å². The van der Waals surface area contributed by atoms with Crippen LogP contribution in [-0.2, 0) is 4.74 Å². The van der Waals surface area contributed by atoms with Gasteiger partial charge in [-0.2, -0.15) is 0 Å². The fourth-order valence-electron chi connectivity index (χ4n) is 3.99. The summed E-state index contributed by atoms with van der Waals surface area (Å²) in [6.07, 6.45) is 7.93. The molecule has 0 aliphatic heterocycles. The van der Waals surface area contributed by atoms with E-state index in [9.17, 15) is 4.79 Å². The number of alkyl carbamates (subject to hydrolysis) is 1. The molecule has 0 radical (unpaired) electrons. The molecule has 0 fully saturated rings. The molecule has 1 aliphatic carbocycles. The summed E-state index contributed by atoms with van der Waals surface area (Å²) in [5.41, 5.74) is 10.5. The summed E-state index contributed by atoms with van der Waals surface area (Å²) in [7, 11) is 0. The second kappa shape index (κ2) is 10.9. The van der Waals surface area contributed by atoms with Gasteiger partial charge in [-0.3, -0.25) is 0 Å². The lowest BCUT2D eigenvalue weighted by molar-refractivity contribution is 0.143. The van der Waals surface area contributed by atoms with Gasteiger partial charge in [0.2, 0.25) is 0 Å². The molecule has 0 spiro atoms. The molecular formula is C24H32N2O2.